The Morgan fingerprint density at radius 2 is 1.70 bits per heavy atom. The lowest BCUT2D eigenvalue weighted by molar-refractivity contribution is -0.149. The van der Waals surface area contributed by atoms with E-state index in [1.54, 1.807) is 30.6 Å². The first kappa shape index (κ1) is 44.3. The summed E-state index contributed by atoms with van der Waals surface area (Å²) >= 11 is 2.82. The maximum Gasteiger partial charge on any atom is 0.419 e. The molecule has 314 valence electrons. The molecule has 14 nitrogen and oxygen atoms in total. The zero-order chi connectivity index (χ0) is 41.6. The molecule has 0 saturated carbocycles. The van der Waals surface area contributed by atoms with Gasteiger partial charge in [-0.1, -0.05) is 20.8 Å². The van der Waals surface area contributed by atoms with E-state index in [4.69, 9.17) is 9.47 Å². The molecule has 0 spiro atoms. The summed E-state index contributed by atoms with van der Waals surface area (Å²) in [5.41, 5.74) is -1.04. The van der Waals surface area contributed by atoms with Gasteiger partial charge in [0.2, 0.25) is 11.8 Å². The van der Waals surface area contributed by atoms with Crippen molar-refractivity contribution >= 4 is 52.8 Å². The third kappa shape index (κ3) is 11.4. The van der Waals surface area contributed by atoms with Gasteiger partial charge >= 0.3 is 18.1 Å². The average Bonchev–Trinajstić information content (AvgIpc) is 3.65. The van der Waals surface area contributed by atoms with Crippen molar-refractivity contribution in [3.05, 3.63) is 39.9 Å². The van der Waals surface area contributed by atoms with Crippen molar-refractivity contribution in [3.8, 4) is 0 Å². The number of carbonyl (C=O) groups is 5. The number of piperidine rings is 3. The van der Waals surface area contributed by atoms with Gasteiger partial charge in [0.1, 0.15) is 22.6 Å². The molecule has 4 aliphatic rings. The van der Waals surface area contributed by atoms with Crippen molar-refractivity contribution < 1.29 is 46.6 Å². The number of alkyl halides is 3. The van der Waals surface area contributed by atoms with Gasteiger partial charge in [-0.15, -0.1) is 11.3 Å². The van der Waals surface area contributed by atoms with Gasteiger partial charge in [-0.2, -0.15) is 24.9 Å². The Labute approximate surface area is 338 Å². The fourth-order valence-electron chi connectivity index (χ4n) is 7.74. The summed E-state index contributed by atoms with van der Waals surface area (Å²) < 4.78 is 49.9. The first-order valence-electron chi connectivity index (χ1n) is 19.2. The number of hydrogen-bond acceptors (Lipinski definition) is 13. The largest absolute Gasteiger partial charge is 0.469 e. The molecule has 4 aliphatic heterocycles. The maximum absolute atomic E-state index is 14.3. The van der Waals surface area contributed by atoms with E-state index in [0.29, 0.717) is 23.3 Å². The van der Waals surface area contributed by atoms with Crippen LogP contribution in [0.3, 0.4) is 0 Å². The molecule has 4 saturated heterocycles. The van der Waals surface area contributed by atoms with Crippen LogP contribution in [0.25, 0.3) is 0 Å². The molecule has 0 unspecified atom stereocenters. The van der Waals surface area contributed by atoms with Gasteiger partial charge in [-0.25, -0.2) is 15.0 Å². The van der Waals surface area contributed by atoms with Crippen LogP contribution in [-0.2, 0) is 41.2 Å². The molecule has 6 rings (SSSR count). The predicted molar refractivity (Wildman–Crippen MR) is 206 cm³/mol. The SMILES string of the molecule is COC(=O)[C@@H](C)C[C@H](Cc1ncc(C(F)(F)F)cn1)NC(=O)c1csc([C@@H](C[C@H](C(C)C)N(C)C(=O)[C@@H](NC(=O)[C@H]2CC3CCN2CC3)C2CSC2)OC(C)=O)n1. The number of halogens is 3. The van der Waals surface area contributed by atoms with Crippen molar-refractivity contribution in [2.75, 3.05) is 38.8 Å². The molecule has 3 amide bonds. The molecule has 0 radical (unpaired) electrons. The lowest BCUT2D eigenvalue weighted by Crippen LogP contribution is -2.62. The van der Waals surface area contributed by atoms with Crippen molar-refractivity contribution in [2.24, 2.45) is 23.7 Å². The molecule has 57 heavy (non-hydrogen) atoms. The molecule has 0 aliphatic carbocycles. The van der Waals surface area contributed by atoms with Crippen LogP contribution in [0, 0.1) is 23.7 Å². The number of fused-ring (bicyclic) bond motifs is 3. The number of thiazole rings is 1. The summed E-state index contributed by atoms with van der Waals surface area (Å²) in [7, 11) is 2.92. The number of aromatic nitrogens is 3. The lowest BCUT2D eigenvalue weighted by Gasteiger charge is -2.45. The average molecular weight is 840 g/mol. The molecule has 2 aromatic heterocycles. The van der Waals surface area contributed by atoms with Crippen LogP contribution >= 0.6 is 23.1 Å². The minimum atomic E-state index is -4.63. The Bertz CT molecular complexity index is 1740. The van der Waals surface area contributed by atoms with Crippen LogP contribution in [0.2, 0.25) is 0 Å². The number of likely N-dealkylation sites (N-methyl/N-ethyl adjacent to an activating group) is 1. The van der Waals surface area contributed by atoms with Gasteiger partial charge in [0, 0.05) is 62.6 Å². The van der Waals surface area contributed by atoms with E-state index < -0.39 is 59.7 Å². The molecule has 2 aromatic rings. The number of carbonyl (C=O) groups excluding carboxylic acids is 5. The summed E-state index contributed by atoms with van der Waals surface area (Å²) in [4.78, 5) is 82.2. The fourth-order valence-corrected chi connectivity index (χ4v) is 9.47. The number of nitrogens with one attached hydrogen (secondary N) is 2. The van der Waals surface area contributed by atoms with E-state index in [9.17, 15) is 37.1 Å². The number of rotatable bonds is 17. The number of amides is 3. The Kier molecular flexibility index (Phi) is 15.0. The second-order valence-corrected chi connectivity index (χ2v) is 17.6. The Balaban J connectivity index is 1.30. The van der Waals surface area contributed by atoms with Crippen molar-refractivity contribution in [1.82, 2.24) is 35.4 Å². The summed E-state index contributed by atoms with van der Waals surface area (Å²) in [6.07, 6.45) is -1.11. The monoisotopic (exact) mass is 839 g/mol. The fraction of sp³-hybridized carbons (Fsp3) is 0.684. The van der Waals surface area contributed by atoms with Gasteiger partial charge in [-0.3, -0.25) is 28.9 Å². The molecule has 19 heteroatoms. The highest BCUT2D eigenvalue weighted by Crippen LogP contribution is 2.35. The van der Waals surface area contributed by atoms with Crippen LogP contribution in [0.4, 0.5) is 13.2 Å². The van der Waals surface area contributed by atoms with E-state index in [0.717, 1.165) is 55.2 Å². The maximum atomic E-state index is 14.3. The number of esters is 2. The molecule has 0 aromatic carbocycles. The minimum Gasteiger partial charge on any atom is -0.469 e. The minimum absolute atomic E-state index is 0.00737. The predicted octanol–water partition coefficient (Wildman–Crippen LogP) is 4.30. The molecular weight excluding hydrogens is 788 g/mol. The van der Waals surface area contributed by atoms with Crippen LogP contribution < -0.4 is 10.6 Å². The number of ether oxygens (including phenoxy) is 2. The quantitative estimate of drug-likeness (QED) is 0.217. The second-order valence-electron chi connectivity index (χ2n) is 15.6. The zero-order valence-electron chi connectivity index (χ0n) is 33.0. The van der Waals surface area contributed by atoms with Gasteiger partial charge < -0.3 is 25.0 Å². The normalized spacial score (nSPS) is 22.0. The highest BCUT2D eigenvalue weighted by atomic mass is 32.2. The zero-order valence-corrected chi connectivity index (χ0v) is 34.7. The summed E-state index contributed by atoms with van der Waals surface area (Å²) in [5, 5.41) is 7.74. The van der Waals surface area contributed by atoms with E-state index >= 15 is 0 Å². The second kappa shape index (κ2) is 19.3. The molecule has 4 fully saturated rings. The van der Waals surface area contributed by atoms with Crippen LogP contribution in [-0.4, -0.2) is 117 Å². The summed E-state index contributed by atoms with van der Waals surface area (Å²) in [5.74, 6) is -0.808. The van der Waals surface area contributed by atoms with Gasteiger partial charge in [0.05, 0.1) is 24.6 Å². The standard InChI is InChI=1S/C38H52F3N7O7S2/c1-20(2)28(47(5)36(52)32(24-17-56-18-24)46-34(51)29-12-23-7-9-48(29)10-8-23)14-30(55-22(4)49)35-45-27(19-57-35)33(50)44-26(11-21(3)37(53)54-6)13-31-42-15-25(16-43-31)38(39,40)41/h15-16,19-21,23-24,26,28-30,32H,7-14,17-18H2,1-6H3,(H,44,50)(H,46,51)/t21-,26+,28+,29+,30+,32-/m0/s1. The van der Waals surface area contributed by atoms with Gasteiger partial charge in [0.15, 0.2) is 6.10 Å². The van der Waals surface area contributed by atoms with Crippen LogP contribution in [0.15, 0.2) is 17.8 Å². The molecule has 2 bridgehead atoms. The molecule has 2 N–H and O–H groups in total. The first-order valence-corrected chi connectivity index (χ1v) is 21.3. The number of methoxy groups -OCH3 is 1. The van der Waals surface area contributed by atoms with E-state index in [1.807, 2.05) is 13.8 Å². The highest BCUT2D eigenvalue weighted by molar-refractivity contribution is 8.00. The molecule has 6 heterocycles. The van der Waals surface area contributed by atoms with Crippen LogP contribution in [0.5, 0.6) is 0 Å². The Hall–Kier alpha value is -3.84. The highest BCUT2D eigenvalue weighted by Gasteiger charge is 2.43. The number of thioether (sulfide) groups is 1. The van der Waals surface area contributed by atoms with Crippen molar-refractivity contribution in [2.45, 2.75) is 103 Å². The summed E-state index contributed by atoms with van der Waals surface area (Å²) in [6.45, 7) is 8.54. The van der Waals surface area contributed by atoms with Gasteiger partial charge in [0.25, 0.3) is 5.91 Å². The van der Waals surface area contributed by atoms with E-state index in [2.05, 4.69) is 30.5 Å². The summed E-state index contributed by atoms with van der Waals surface area (Å²) in [6, 6.07) is -2.17. The smallest absolute Gasteiger partial charge is 0.419 e. The van der Waals surface area contributed by atoms with Crippen LogP contribution in [0.1, 0.15) is 92.8 Å². The molecule has 6 atom stereocenters. The van der Waals surface area contributed by atoms with E-state index in [-0.39, 0.29) is 60.5 Å². The van der Waals surface area contributed by atoms with Crippen molar-refractivity contribution in [1.29, 1.82) is 0 Å². The first-order chi connectivity index (χ1) is 26.9. The molecular formula is C38H52F3N7O7S2. The van der Waals surface area contributed by atoms with E-state index in [1.165, 1.54) is 19.4 Å². The topological polar surface area (TPSA) is 173 Å². The lowest BCUT2D eigenvalue weighted by atomic mass is 9.83. The third-order valence-electron chi connectivity index (χ3n) is 11.1. The Morgan fingerprint density at radius 3 is 2.23 bits per heavy atom. The van der Waals surface area contributed by atoms with Crippen molar-refractivity contribution in [3.63, 3.8) is 0 Å². The number of nitrogens with zero attached hydrogens (tertiary/aromatic N) is 5. The number of hydrogen-bond donors (Lipinski definition) is 2. The third-order valence-corrected chi connectivity index (χ3v) is 13.4. The Morgan fingerprint density at radius 1 is 1.04 bits per heavy atom. The van der Waals surface area contributed by atoms with Gasteiger partial charge in [-0.05, 0) is 62.1 Å².